The third-order valence-electron chi connectivity index (χ3n) is 2.89. The molecule has 2 atom stereocenters. The van der Waals surface area contributed by atoms with Crippen molar-refractivity contribution in [1.82, 2.24) is 0 Å². The molecule has 1 rings (SSSR count). The van der Waals surface area contributed by atoms with Crippen LogP contribution in [-0.2, 0) is 11.2 Å². The van der Waals surface area contributed by atoms with Gasteiger partial charge in [-0.1, -0.05) is 36.7 Å². The summed E-state index contributed by atoms with van der Waals surface area (Å²) in [7, 11) is 1.58. The first kappa shape index (κ1) is 15.6. The first-order chi connectivity index (χ1) is 8.25. The van der Waals surface area contributed by atoms with Crippen LogP contribution in [0.5, 0.6) is 0 Å². The number of hydrogen-bond acceptors (Lipinski definition) is 2. The quantitative estimate of drug-likeness (QED) is 0.920. The van der Waals surface area contributed by atoms with Crippen LogP contribution in [0.1, 0.15) is 26.3 Å². The topological polar surface area (TPSA) is 29.5 Å². The number of aliphatic hydroxyl groups excluding tert-OH is 1. The van der Waals surface area contributed by atoms with Crippen molar-refractivity contribution in [2.45, 2.75) is 39.4 Å². The molecule has 102 valence electrons. The summed E-state index contributed by atoms with van der Waals surface area (Å²) in [5, 5.41) is 10.2. The van der Waals surface area contributed by atoms with E-state index in [1.165, 1.54) is 12.1 Å². The predicted molar refractivity (Wildman–Crippen MR) is 74.1 cm³/mol. The summed E-state index contributed by atoms with van der Waals surface area (Å²) in [6, 6.07) is 4.47. The van der Waals surface area contributed by atoms with Crippen LogP contribution in [0.25, 0.3) is 0 Å². The second-order valence-corrected chi connectivity index (χ2v) is 6.38. The zero-order valence-corrected chi connectivity index (χ0v) is 12.8. The van der Waals surface area contributed by atoms with Gasteiger partial charge in [0.15, 0.2) is 0 Å². The van der Waals surface area contributed by atoms with Crippen LogP contribution in [0, 0.1) is 11.2 Å². The molecule has 0 aromatic heterocycles. The van der Waals surface area contributed by atoms with Crippen LogP contribution in [0.15, 0.2) is 22.7 Å². The Labute approximate surface area is 116 Å². The van der Waals surface area contributed by atoms with E-state index in [4.69, 9.17) is 4.74 Å². The first-order valence-electron chi connectivity index (χ1n) is 5.90. The SMILES string of the molecule is COC(C(O)Cc1cc(F)ccc1Br)C(C)(C)C. The molecule has 2 unspecified atom stereocenters. The fraction of sp³-hybridized carbons (Fsp3) is 0.571. The van der Waals surface area contributed by atoms with Crippen LogP contribution >= 0.6 is 15.9 Å². The number of rotatable bonds is 4. The summed E-state index contributed by atoms with van der Waals surface area (Å²) in [5.74, 6) is -0.301. The van der Waals surface area contributed by atoms with E-state index in [2.05, 4.69) is 15.9 Å². The molecule has 4 heteroatoms. The van der Waals surface area contributed by atoms with Crippen molar-refractivity contribution >= 4 is 15.9 Å². The maximum absolute atomic E-state index is 13.2. The highest BCUT2D eigenvalue weighted by Crippen LogP contribution is 2.28. The molecule has 1 aromatic rings. The monoisotopic (exact) mass is 318 g/mol. The smallest absolute Gasteiger partial charge is 0.123 e. The van der Waals surface area contributed by atoms with Crippen LogP contribution in [0.4, 0.5) is 4.39 Å². The predicted octanol–water partition coefficient (Wildman–Crippen LogP) is 3.55. The summed E-state index contributed by atoms with van der Waals surface area (Å²) in [6.45, 7) is 6.01. The van der Waals surface area contributed by atoms with E-state index in [0.717, 1.165) is 10.0 Å². The molecule has 0 aliphatic carbocycles. The van der Waals surface area contributed by atoms with Crippen molar-refractivity contribution in [2.75, 3.05) is 7.11 Å². The third-order valence-corrected chi connectivity index (χ3v) is 3.67. The van der Waals surface area contributed by atoms with Gasteiger partial charge in [-0.15, -0.1) is 0 Å². The molecule has 0 fully saturated rings. The Bertz CT molecular complexity index is 401. The molecule has 1 aromatic carbocycles. The second-order valence-electron chi connectivity index (χ2n) is 5.53. The Hall–Kier alpha value is -0.450. The standard InChI is InChI=1S/C14H20BrFO2/c1-14(2,3)13(18-4)12(17)8-9-7-10(16)5-6-11(9)15/h5-7,12-13,17H,8H2,1-4H3. The summed E-state index contributed by atoms with van der Waals surface area (Å²) >= 11 is 3.36. The van der Waals surface area contributed by atoms with Crippen molar-refractivity contribution < 1.29 is 14.2 Å². The Balaban J connectivity index is 2.86. The van der Waals surface area contributed by atoms with Gasteiger partial charge in [-0.3, -0.25) is 0 Å². The Morgan fingerprint density at radius 2 is 2.00 bits per heavy atom. The Morgan fingerprint density at radius 3 is 2.50 bits per heavy atom. The summed E-state index contributed by atoms with van der Waals surface area (Å²) in [4.78, 5) is 0. The van der Waals surface area contributed by atoms with Gasteiger partial charge in [0.1, 0.15) is 5.82 Å². The largest absolute Gasteiger partial charge is 0.390 e. The molecule has 0 spiro atoms. The van der Waals surface area contributed by atoms with Gasteiger partial charge in [0.2, 0.25) is 0 Å². The average molecular weight is 319 g/mol. The van der Waals surface area contributed by atoms with E-state index in [1.54, 1.807) is 13.2 Å². The molecular formula is C14H20BrFO2. The van der Waals surface area contributed by atoms with Crippen molar-refractivity contribution in [3.63, 3.8) is 0 Å². The minimum Gasteiger partial charge on any atom is -0.390 e. The highest BCUT2D eigenvalue weighted by Gasteiger charge is 2.31. The Kier molecular flexibility index (Phi) is 5.32. The summed E-state index contributed by atoms with van der Waals surface area (Å²) < 4.78 is 19.3. The minimum absolute atomic E-state index is 0.173. The van der Waals surface area contributed by atoms with Gasteiger partial charge >= 0.3 is 0 Å². The Morgan fingerprint density at radius 1 is 1.39 bits per heavy atom. The zero-order valence-electron chi connectivity index (χ0n) is 11.2. The lowest BCUT2D eigenvalue weighted by Gasteiger charge is -2.33. The van der Waals surface area contributed by atoms with E-state index in [1.807, 2.05) is 20.8 Å². The lowest BCUT2D eigenvalue weighted by molar-refractivity contribution is -0.0699. The van der Waals surface area contributed by atoms with Gasteiger partial charge in [0.25, 0.3) is 0 Å². The van der Waals surface area contributed by atoms with Crippen LogP contribution in [0.2, 0.25) is 0 Å². The molecule has 18 heavy (non-hydrogen) atoms. The highest BCUT2D eigenvalue weighted by atomic mass is 79.9. The van der Waals surface area contributed by atoms with Gasteiger partial charge in [-0.25, -0.2) is 4.39 Å². The van der Waals surface area contributed by atoms with Crippen molar-refractivity contribution in [1.29, 1.82) is 0 Å². The number of methoxy groups -OCH3 is 1. The highest BCUT2D eigenvalue weighted by molar-refractivity contribution is 9.10. The van der Waals surface area contributed by atoms with Crippen molar-refractivity contribution in [3.05, 3.63) is 34.1 Å². The van der Waals surface area contributed by atoms with E-state index >= 15 is 0 Å². The van der Waals surface area contributed by atoms with E-state index in [9.17, 15) is 9.50 Å². The number of aliphatic hydroxyl groups is 1. The molecule has 0 heterocycles. The summed E-state index contributed by atoms with van der Waals surface area (Å²) in [5.41, 5.74) is 0.572. The fourth-order valence-electron chi connectivity index (χ4n) is 2.12. The van der Waals surface area contributed by atoms with Crippen LogP contribution in [0.3, 0.4) is 0 Å². The van der Waals surface area contributed by atoms with Crippen LogP contribution < -0.4 is 0 Å². The fourth-order valence-corrected chi connectivity index (χ4v) is 2.53. The second kappa shape index (κ2) is 6.13. The molecule has 0 saturated heterocycles. The molecule has 0 saturated carbocycles. The molecular weight excluding hydrogens is 299 g/mol. The van der Waals surface area contributed by atoms with E-state index in [0.29, 0.717) is 6.42 Å². The summed E-state index contributed by atoms with van der Waals surface area (Å²) in [6.07, 6.45) is -0.616. The normalized spacial score (nSPS) is 15.5. The lowest BCUT2D eigenvalue weighted by Crippen LogP contribution is -2.40. The first-order valence-corrected chi connectivity index (χ1v) is 6.69. The lowest BCUT2D eigenvalue weighted by atomic mass is 9.84. The number of halogens is 2. The molecule has 0 radical (unpaired) electrons. The molecule has 0 amide bonds. The minimum atomic E-state index is -0.673. The van der Waals surface area contributed by atoms with Gasteiger partial charge in [-0.2, -0.15) is 0 Å². The third kappa shape index (κ3) is 4.04. The van der Waals surface area contributed by atoms with E-state index < -0.39 is 6.10 Å². The molecule has 2 nitrogen and oxygen atoms in total. The zero-order chi connectivity index (χ0) is 13.9. The molecule has 0 bridgehead atoms. The van der Waals surface area contributed by atoms with Crippen molar-refractivity contribution in [2.24, 2.45) is 5.41 Å². The van der Waals surface area contributed by atoms with E-state index in [-0.39, 0.29) is 17.3 Å². The maximum Gasteiger partial charge on any atom is 0.123 e. The number of ether oxygens (including phenoxy) is 1. The molecule has 0 aliphatic rings. The van der Waals surface area contributed by atoms with Gasteiger partial charge < -0.3 is 9.84 Å². The number of hydrogen-bond donors (Lipinski definition) is 1. The number of benzene rings is 1. The molecule has 0 aliphatic heterocycles. The van der Waals surface area contributed by atoms with Gasteiger partial charge in [-0.05, 0) is 29.2 Å². The van der Waals surface area contributed by atoms with Gasteiger partial charge in [0, 0.05) is 18.0 Å². The average Bonchev–Trinajstić information content (AvgIpc) is 2.22. The van der Waals surface area contributed by atoms with Gasteiger partial charge in [0.05, 0.1) is 12.2 Å². The van der Waals surface area contributed by atoms with Crippen molar-refractivity contribution in [3.8, 4) is 0 Å². The van der Waals surface area contributed by atoms with Crippen LogP contribution in [-0.4, -0.2) is 24.4 Å². The molecule has 1 N–H and O–H groups in total. The maximum atomic E-state index is 13.2.